The molecule has 0 amide bonds. The fraction of sp³-hybridized carbons (Fsp3) is 0.167. The lowest BCUT2D eigenvalue weighted by atomic mass is 10.2. The van der Waals surface area contributed by atoms with Gasteiger partial charge in [0.2, 0.25) is 0 Å². The van der Waals surface area contributed by atoms with Gasteiger partial charge in [-0.25, -0.2) is 4.79 Å². The Morgan fingerprint density at radius 1 is 1.61 bits per heavy atom. The molecule has 0 saturated heterocycles. The summed E-state index contributed by atoms with van der Waals surface area (Å²) in [4.78, 5) is 10.4. The molecule has 0 heterocycles. The monoisotopic (exact) mass is 267 g/mol. The first-order chi connectivity index (χ1) is 8.58. The molecule has 94 valence electrons. The Hall–Kier alpha value is -2.19. The summed E-state index contributed by atoms with van der Waals surface area (Å²) < 4.78 is 10.2. The van der Waals surface area contributed by atoms with E-state index < -0.39 is 5.97 Å². The summed E-state index contributed by atoms with van der Waals surface area (Å²) in [5.41, 5.74) is 0.559. The number of carboxylic acids is 1. The Kier molecular flexibility index (Phi) is 5.03. The topological polar surface area (TPSA) is 79.6 Å². The number of nitrogens with zero attached hydrogens (tertiary/aromatic N) is 1. The van der Waals surface area contributed by atoms with Crippen LogP contribution < -0.4 is 9.47 Å². The van der Waals surface area contributed by atoms with Crippen LogP contribution >= 0.6 is 11.6 Å². The summed E-state index contributed by atoms with van der Waals surface area (Å²) in [5, 5.41) is 17.2. The third-order valence-corrected chi connectivity index (χ3v) is 2.23. The molecule has 0 fully saturated rings. The third kappa shape index (κ3) is 3.68. The zero-order valence-corrected chi connectivity index (χ0v) is 10.3. The van der Waals surface area contributed by atoms with Crippen LogP contribution in [0, 0.1) is 11.3 Å². The van der Waals surface area contributed by atoms with Gasteiger partial charge in [0.1, 0.15) is 6.07 Å². The average Bonchev–Trinajstić information content (AvgIpc) is 2.34. The highest BCUT2D eigenvalue weighted by Gasteiger charge is 2.11. The van der Waals surface area contributed by atoms with Crippen molar-refractivity contribution in [1.29, 1.82) is 5.26 Å². The van der Waals surface area contributed by atoms with E-state index in [0.29, 0.717) is 11.3 Å². The van der Waals surface area contributed by atoms with Crippen LogP contribution in [0.2, 0.25) is 5.02 Å². The standard InChI is InChI=1S/C12H10ClNO4/c1-17-10-7-8(2-3-11(15)16)6-9(13)12(10)18-5-4-14/h2-3,6-7H,5H2,1H3,(H,15,16)/b3-2+. The second kappa shape index (κ2) is 6.52. The van der Waals surface area contributed by atoms with E-state index in [4.69, 9.17) is 31.4 Å². The highest BCUT2D eigenvalue weighted by atomic mass is 35.5. The molecule has 0 bridgehead atoms. The molecule has 6 heteroatoms. The molecule has 0 saturated carbocycles. The quantitative estimate of drug-likeness (QED) is 0.829. The Bertz CT molecular complexity index is 520. The van der Waals surface area contributed by atoms with E-state index in [2.05, 4.69) is 0 Å². The zero-order valence-electron chi connectivity index (χ0n) is 9.51. The van der Waals surface area contributed by atoms with E-state index in [-0.39, 0.29) is 17.4 Å². The first kappa shape index (κ1) is 13.9. The molecule has 0 aliphatic carbocycles. The minimum atomic E-state index is -1.06. The molecule has 0 aliphatic rings. The number of carboxylic acid groups (broad SMARTS) is 1. The maximum Gasteiger partial charge on any atom is 0.328 e. The fourth-order valence-electron chi connectivity index (χ4n) is 1.25. The van der Waals surface area contributed by atoms with Crippen molar-refractivity contribution in [3.63, 3.8) is 0 Å². The van der Waals surface area contributed by atoms with Crippen molar-refractivity contribution < 1.29 is 19.4 Å². The van der Waals surface area contributed by atoms with Crippen LogP contribution in [0.1, 0.15) is 5.56 Å². The number of ether oxygens (including phenoxy) is 2. The van der Waals surface area contributed by atoms with Gasteiger partial charge in [-0.2, -0.15) is 5.26 Å². The number of benzene rings is 1. The Morgan fingerprint density at radius 3 is 2.89 bits per heavy atom. The predicted molar refractivity (Wildman–Crippen MR) is 65.8 cm³/mol. The number of hydrogen-bond donors (Lipinski definition) is 1. The summed E-state index contributed by atoms with van der Waals surface area (Å²) in [7, 11) is 1.43. The molecule has 1 N–H and O–H groups in total. The summed E-state index contributed by atoms with van der Waals surface area (Å²) in [5.74, 6) is -0.467. The highest BCUT2D eigenvalue weighted by Crippen LogP contribution is 2.36. The molecule has 0 spiro atoms. The molecule has 1 rings (SSSR count). The molecule has 0 unspecified atom stereocenters. The highest BCUT2D eigenvalue weighted by molar-refractivity contribution is 6.32. The second-order valence-corrected chi connectivity index (χ2v) is 3.56. The third-order valence-electron chi connectivity index (χ3n) is 1.95. The van der Waals surface area contributed by atoms with E-state index in [1.54, 1.807) is 6.07 Å². The smallest absolute Gasteiger partial charge is 0.328 e. The number of halogens is 1. The minimum absolute atomic E-state index is 0.152. The van der Waals surface area contributed by atoms with Gasteiger partial charge in [-0.1, -0.05) is 11.6 Å². The maximum atomic E-state index is 10.4. The van der Waals surface area contributed by atoms with Crippen LogP contribution in [-0.2, 0) is 4.79 Å². The van der Waals surface area contributed by atoms with Crippen molar-refractivity contribution in [2.24, 2.45) is 0 Å². The Balaban J connectivity index is 3.10. The molecule has 0 radical (unpaired) electrons. The molecule has 0 aromatic heterocycles. The second-order valence-electron chi connectivity index (χ2n) is 3.15. The number of methoxy groups -OCH3 is 1. The predicted octanol–water partition coefficient (Wildman–Crippen LogP) is 2.35. The summed E-state index contributed by atoms with van der Waals surface area (Å²) in [6, 6.07) is 4.91. The van der Waals surface area contributed by atoms with Gasteiger partial charge in [-0.3, -0.25) is 0 Å². The van der Waals surface area contributed by atoms with E-state index in [0.717, 1.165) is 6.08 Å². The number of carbonyl (C=O) groups is 1. The Labute approximate surface area is 109 Å². The first-order valence-corrected chi connectivity index (χ1v) is 5.24. The van der Waals surface area contributed by atoms with Crippen molar-refractivity contribution in [2.75, 3.05) is 13.7 Å². The molecule has 5 nitrogen and oxygen atoms in total. The molecular formula is C12H10ClNO4. The van der Waals surface area contributed by atoms with E-state index >= 15 is 0 Å². The van der Waals surface area contributed by atoms with Crippen LogP contribution in [0.15, 0.2) is 18.2 Å². The zero-order chi connectivity index (χ0) is 13.5. The maximum absolute atomic E-state index is 10.4. The summed E-state index contributed by atoms with van der Waals surface area (Å²) in [6.07, 6.45) is 2.37. The van der Waals surface area contributed by atoms with Gasteiger partial charge in [0.25, 0.3) is 0 Å². The fourth-order valence-corrected chi connectivity index (χ4v) is 1.52. The van der Waals surface area contributed by atoms with Gasteiger partial charge in [-0.15, -0.1) is 0 Å². The summed E-state index contributed by atoms with van der Waals surface area (Å²) in [6.45, 7) is -0.152. The lowest BCUT2D eigenvalue weighted by Gasteiger charge is -2.11. The van der Waals surface area contributed by atoms with Gasteiger partial charge in [-0.05, 0) is 23.8 Å². The van der Waals surface area contributed by atoms with E-state index in [9.17, 15) is 4.79 Å². The SMILES string of the molecule is COc1cc(/C=C/C(=O)O)cc(Cl)c1OCC#N. The van der Waals surface area contributed by atoms with Crippen molar-refractivity contribution in [3.05, 3.63) is 28.8 Å². The number of nitriles is 1. The van der Waals surface area contributed by atoms with Gasteiger partial charge in [0.15, 0.2) is 18.1 Å². The van der Waals surface area contributed by atoms with Gasteiger partial charge >= 0.3 is 5.97 Å². The van der Waals surface area contributed by atoms with E-state index in [1.807, 2.05) is 6.07 Å². The summed E-state index contributed by atoms with van der Waals surface area (Å²) >= 11 is 5.97. The Morgan fingerprint density at radius 2 is 2.33 bits per heavy atom. The molecule has 1 aromatic rings. The van der Waals surface area contributed by atoms with Crippen LogP contribution in [0.25, 0.3) is 6.08 Å². The van der Waals surface area contributed by atoms with E-state index in [1.165, 1.54) is 19.3 Å². The molecule has 1 aromatic carbocycles. The molecule has 0 aliphatic heterocycles. The normalized spacial score (nSPS) is 10.1. The molecular weight excluding hydrogens is 258 g/mol. The number of rotatable bonds is 5. The van der Waals surface area contributed by atoms with Crippen LogP contribution in [-0.4, -0.2) is 24.8 Å². The number of hydrogen-bond acceptors (Lipinski definition) is 4. The first-order valence-electron chi connectivity index (χ1n) is 4.86. The molecule has 18 heavy (non-hydrogen) atoms. The largest absolute Gasteiger partial charge is 0.493 e. The van der Waals surface area contributed by atoms with Crippen molar-refractivity contribution in [1.82, 2.24) is 0 Å². The van der Waals surface area contributed by atoms with Crippen molar-refractivity contribution in [2.45, 2.75) is 0 Å². The number of aliphatic carboxylic acids is 1. The van der Waals surface area contributed by atoms with Gasteiger partial charge in [0.05, 0.1) is 12.1 Å². The van der Waals surface area contributed by atoms with Crippen molar-refractivity contribution in [3.8, 4) is 17.6 Å². The molecule has 0 atom stereocenters. The average molecular weight is 268 g/mol. The van der Waals surface area contributed by atoms with Gasteiger partial charge in [0, 0.05) is 6.08 Å². The van der Waals surface area contributed by atoms with Crippen molar-refractivity contribution >= 4 is 23.6 Å². The van der Waals surface area contributed by atoms with Crippen LogP contribution in [0.5, 0.6) is 11.5 Å². The van der Waals surface area contributed by atoms with Crippen LogP contribution in [0.3, 0.4) is 0 Å². The van der Waals surface area contributed by atoms with Crippen LogP contribution in [0.4, 0.5) is 0 Å². The minimum Gasteiger partial charge on any atom is -0.493 e. The lowest BCUT2D eigenvalue weighted by molar-refractivity contribution is -0.131. The van der Waals surface area contributed by atoms with Gasteiger partial charge < -0.3 is 14.6 Å². The lowest BCUT2D eigenvalue weighted by Crippen LogP contribution is -1.98.